The Labute approximate surface area is 191 Å². The highest BCUT2D eigenvalue weighted by Gasteiger charge is 2.16. The van der Waals surface area contributed by atoms with Gasteiger partial charge in [-0.1, -0.05) is 80.6 Å². The Morgan fingerprint density at radius 3 is 2.71 bits per heavy atom. The minimum absolute atomic E-state index is 0.362. The molecule has 0 fully saturated rings. The van der Waals surface area contributed by atoms with Crippen LogP contribution < -0.4 is 5.32 Å². The Balaban J connectivity index is 2.33. The highest BCUT2D eigenvalue weighted by Crippen LogP contribution is 2.28. The van der Waals surface area contributed by atoms with E-state index in [0.717, 1.165) is 53.5 Å². The predicted molar refractivity (Wildman–Crippen MR) is 136 cm³/mol. The zero-order valence-corrected chi connectivity index (χ0v) is 20.7. The third-order valence-electron chi connectivity index (χ3n) is 5.27. The molecule has 0 aliphatic rings. The molecular weight excluding hydrogens is 402 g/mol. The summed E-state index contributed by atoms with van der Waals surface area (Å²) >= 11 is 1.72. The van der Waals surface area contributed by atoms with E-state index >= 15 is 0 Å². The van der Waals surface area contributed by atoms with Crippen LogP contribution in [0.5, 0.6) is 0 Å². The fraction of sp³-hybridized carbons (Fsp3) is 0.480. The number of fused-ring (bicyclic) bond motifs is 1. The van der Waals surface area contributed by atoms with Crippen LogP contribution in [0.3, 0.4) is 0 Å². The summed E-state index contributed by atoms with van der Waals surface area (Å²) < 4.78 is 2.01. The number of thioether (sulfide) groups is 1. The van der Waals surface area contributed by atoms with Gasteiger partial charge in [-0.15, -0.1) is 0 Å². The number of hydrogen-bond acceptors (Lipinski definition) is 5. The maximum Gasteiger partial charge on any atom is 0.191 e. The van der Waals surface area contributed by atoms with E-state index in [0.29, 0.717) is 11.2 Å². The molecule has 0 amide bonds. The maximum absolute atomic E-state index is 4.88. The van der Waals surface area contributed by atoms with Crippen molar-refractivity contribution < 1.29 is 0 Å². The Morgan fingerprint density at radius 1 is 1.26 bits per heavy atom. The van der Waals surface area contributed by atoms with Crippen LogP contribution in [-0.2, 0) is 6.54 Å². The lowest BCUT2D eigenvalue weighted by Gasteiger charge is -2.14. The second kappa shape index (κ2) is 12.5. The fourth-order valence-electron chi connectivity index (χ4n) is 3.00. The van der Waals surface area contributed by atoms with Gasteiger partial charge in [0, 0.05) is 18.3 Å². The molecule has 0 aliphatic carbocycles. The summed E-state index contributed by atoms with van der Waals surface area (Å²) in [6, 6.07) is 0. The van der Waals surface area contributed by atoms with Crippen molar-refractivity contribution in [2.24, 2.45) is 5.92 Å². The van der Waals surface area contributed by atoms with Gasteiger partial charge in [0.25, 0.3) is 0 Å². The summed E-state index contributed by atoms with van der Waals surface area (Å²) in [5.41, 5.74) is 3.31. The molecule has 0 aromatic carbocycles. The van der Waals surface area contributed by atoms with Gasteiger partial charge in [-0.25, -0.2) is 14.6 Å². The topological polar surface area (TPSA) is 55.6 Å². The van der Waals surface area contributed by atoms with E-state index in [-0.39, 0.29) is 0 Å². The van der Waals surface area contributed by atoms with Gasteiger partial charge in [0.15, 0.2) is 10.8 Å². The summed E-state index contributed by atoms with van der Waals surface area (Å²) in [7, 11) is 0. The van der Waals surface area contributed by atoms with Gasteiger partial charge < -0.3 is 5.32 Å². The molecule has 2 aromatic rings. The van der Waals surface area contributed by atoms with Gasteiger partial charge >= 0.3 is 0 Å². The number of allylic oxidation sites excluding steroid dienone is 6. The highest BCUT2D eigenvalue weighted by molar-refractivity contribution is 7.99. The average molecular weight is 440 g/mol. The average Bonchev–Trinajstić information content (AvgIpc) is 3.14. The number of nitrogens with zero attached hydrogens (tertiary/aromatic N) is 4. The van der Waals surface area contributed by atoms with Crippen molar-refractivity contribution in [1.82, 2.24) is 19.7 Å². The first-order chi connectivity index (χ1) is 14.9. The molecule has 2 rings (SSSR count). The largest absolute Gasteiger partial charge is 0.369 e. The maximum atomic E-state index is 4.88. The summed E-state index contributed by atoms with van der Waals surface area (Å²) in [5.74, 6) is 1.21. The molecule has 1 N–H and O–H groups in total. The van der Waals surface area contributed by atoms with Crippen molar-refractivity contribution in [3.8, 4) is 0 Å². The van der Waals surface area contributed by atoms with Crippen LogP contribution in [0.15, 0.2) is 59.5 Å². The molecule has 0 spiro atoms. The van der Waals surface area contributed by atoms with Gasteiger partial charge in [0.1, 0.15) is 5.82 Å². The zero-order valence-electron chi connectivity index (χ0n) is 19.9. The zero-order chi connectivity index (χ0) is 22.8. The molecule has 2 heterocycles. The van der Waals surface area contributed by atoms with Gasteiger partial charge in [0.2, 0.25) is 0 Å². The van der Waals surface area contributed by atoms with E-state index in [2.05, 4.69) is 56.8 Å². The monoisotopic (exact) mass is 439 g/mol. The summed E-state index contributed by atoms with van der Waals surface area (Å²) in [6.07, 6.45) is 14.2. The van der Waals surface area contributed by atoms with E-state index in [1.165, 1.54) is 5.57 Å². The molecule has 0 radical (unpaired) electrons. The molecule has 2 atom stereocenters. The molecule has 2 unspecified atom stereocenters. The van der Waals surface area contributed by atoms with Crippen molar-refractivity contribution in [2.75, 3.05) is 11.9 Å². The lowest BCUT2D eigenvalue weighted by atomic mass is 10.0. The fourth-order valence-corrected chi connectivity index (χ4v) is 3.81. The third-order valence-corrected chi connectivity index (χ3v) is 6.40. The van der Waals surface area contributed by atoms with Crippen LogP contribution in [0.1, 0.15) is 54.4 Å². The number of anilines is 1. The summed E-state index contributed by atoms with van der Waals surface area (Å²) in [6.45, 7) is 18.5. The SMILES string of the molecule is C=C(/C=C\C)CCNc1nc(SC(C)CC)nc2c1cnn2CC(C)/C(C)=C/C=C\C. The molecule has 0 saturated heterocycles. The minimum Gasteiger partial charge on any atom is -0.369 e. The first kappa shape index (κ1) is 24.9. The standard InChI is InChI=1S/C25H37N5S/c1-8-11-13-19(5)20(6)17-30-24-22(16-27-30)23(26-15-14-18(4)12-9-2)28-25(29-24)31-21(7)10-3/h8-9,11-13,16,20-21H,4,10,14-15,17H2,1-3,5-7H3,(H,26,28,29)/b11-8-,12-9-,19-13+. The molecule has 0 bridgehead atoms. The molecule has 31 heavy (non-hydrogen) atoms. The molecular formula is C25H37N5S. The van der Waals surface area contributed by atoms with Crippen molar-refractivity contribution >= 4 is 28.6 Å². The van der Waals surface area contributed by atoms with Crippen LogP contribution in [0.2, 0.25) is 0 Å². The van der Waals surface area contributed by atoms with Crippen LogP contribution in [0, 0.1) is 5.92 Å². The lowest BCUT2D eigenvalue weighted by Crippen LogP contribution is -2.12. The van der Waals surface area contributed by atoms with Gasteiger partial charge in [-0.05, 0) is 39.5 Å². The van der Waals surface area contributed by atoms with E-state index < -0.39 is 0 Å². The normalized spacial score (nSPS) is 14.6. The van der Waals surface area contributed by atoms with Crippen LogP contribution >= 0.6 is 11.8 Å². The number of hydrogen-bond donors (Lipinski definition) is 1. The molecule has 0 saturated carbocycles. The van der Waals surface area contributed by atoms with E-state index in [1.54, 1.807) is 11.8 Å². The van der Waals surface area contributed by atoms with E-state index in [4.69, 9.17) is 9.97 Å². The third kappa shape index (κ3) is 7.39. The number of rotatable bonds is 12. The van der Waals surface area contributed by atoms with Crippen LogP contribution in [0.25, 0.3) is 11.0 Å². The van der Waals surface area contributed by atoms with Gasteiger partial charge in [-0.2, -0.15) is 5.10 Å². The second-order valence-electron chi connectivity index (χ2n) is 7.93. The van der Waals surface area contributed by atoms with Crippen molar-refractivity contribution in [1.29, 1.82) is 0 Å². The quantitative estimate of drug-likeness (QED) is 0.224. The van der Waals surface area contributed by atoms with E-state index in [9.17, 15) is 0 Å². The van der Waals surface area contributed by atoms with Crippen molar-refractivity contribution in [3.63, 3.8) is 0 Å². The Kier molecular flexibility index (Phi) is 10.0. The second-order valence-corrected chi connectivity index (χ2v) is 9.33. The van der Waals surface area contributed by atoms with Gasteiger partial charge in [-0.3, -0.25) is 0 Å². The Hall–Kier alpha value is -2.34. The highest BCUT2D eigenvalue weighted by atomic mass is 32.2. The smallest absolute Gasteiger partial charge is 0.191 e. The Bertz CT molecular complexity index is 954. The summed E-state index contributed by atoms with van der Waals surface area (Å²) in [5, 5.41) is 10.4. The van der Waals surface area contributed by atoms with Gasteiger partial charge in [0.05, 0.1) is 11.6 Å². The van der Waals surface area contributed by atoms with Crippen molar-refractivity contribution in [3.05, 3.63) is 54.3 Å². The van der Waals surface area contributed by atoms with Crippen LogP contribution in [-0.4, -0.2) is 31.5 Å². The Morgan fingerprint density at radius 2 is 2.03 bits per heavy atom. The van der Waals surface area contributed by atoms with Crippen LogP contribution in [0.4, 0.5) is 5.82 Å². The van der Waals surface area contributed by atoms with Crippen molar-refractivity contribution in [2.45, 2.75) is 71.3 Å². The minimum atomic E-state index is 0.362. The first-order valence-electron chi connectivity index (χ1n) is 11.1. The first-order valence-corrected chi connectivity index (χ1v) is 12.0. The molecule has 5 nitrogen and oxygen atoms in total. The molecule has 6 heteroatoms. The van der Waals surface area contributed by atoms with E-state index in [1.807, 2.05) is 43.0 Å². The molecule has 168 valence electrons. The predicted octanol–water partition coefficient (Wildman–Crippen LogP) is 6.81. The molecule has 2 aromatic heterocycles. The number of nitrogens with one attached hydrogen (secondary N) is 1. The summed E-state index contributed by atoms with van der Waals surface area (Å²) in [4.78, 5) is 9.70. The lowest BCUT2D eigenvalue weighted by molar-refractivity contribution is 0.510. The molecule has 0 aliphatic heterocycles. The number of aromatic nitrogens is 4.